The summed E-state index contributed by atoms with van der Waals surface area (Å²) in [5.41, 5.74) is 7.28. The van der Waals surface area contributed by atoms with Gasteiger partial charge in [0.1, 0.15) is 5.54 Å². The first kappa shape index (κ1) is 21.3. The Morgan fingerprint density at radius 3 is 2.55 bits per heavy atom. The summed E-state index contributed by atoms with van der Waals surface area (Å²) in [6.45, 7) is 2.14. The van der Waals surface area contributed by atoms with E-state index in [1.54, 1.807) is 0 Å². The Balaban J connectivity index is 1.53. The minimum atomic E-state index is -1.34. The van der Waals surface area contributed by atoms with Crippen molar-refractivity contribution in [3.05, 3.63) is 65.2 Å². The molecule has 0 unspecified atom stereocenters. The Morgan fingerprint density at radius 2 is 1.82 bits per heavy atom. The smallest absolute Gasteiger partial charge is 0.250 e. The van der Waals surface area contributed by atoms with Gasteiger partial charge in [0.25, 0.3) is 0 Å². The number of carbonyl (C=O) groups excluding carboxylic acids is 4. The van der Waals surface area contributed by atoms with E-state index in [-0.39, 0.29) is 37.1 Å². The summed E-state index contributed by atoms with van der Waals surface area (Å²) in [4.78, 5) is 53.4. The quantitative estimate of drug-likeness (QED) is 0.576. The number of carbonyl (C=O) groups is 4. The number of amides is 4. The molecule has 1 spiro atoms. The van der Waals surface area contributed by atoms with Gasteiger partial charge in [0.2, 0.25) is 23.6 Å². The van der Waals surface area contributed by atoms with Crippen molar-refractivity contribution in [1.29, 1.82) is 0 Å². The maximum atomic E-state index is 13.7. The lowest BCUT2D eigenvalue weighted by molar-refractivity contribution is -0.142. The SMILES string of the molecule is Cc1cccc2c1NC(=O)[C@@]21N[C@@H](CCC(N)=O)[C@H]2C(=O)N(CCc3ccccc3)C(=O)[C@@H]21. The van der Waals surface area contributed by atoms with Gasteiger partial charge >= 0.3 is 0 Å². The molecule has 0 aliphatic carbocycles. The fraction of sp³-hybridized carbons (Fsp3) is 0.360. The molecule has 8 heteroatoms. The summed E-state index contributed by atoms with van der Waals surface area (Å²) >= 11 is 0. The number of primary amides is 1. The van der Waals surface area contributed by atoms with Crippen molar-refractivity contribution < 1.29 is 19.2 Å². The van der Waals surface area contributed by atoms with Crippen molar-refractivity contribution in [3.63, 3.8) is 0 Å². The number of rotatable bonds is 6. The van der Waals surface area contributed by atoms with E-state index in [2.05, 4.69) is 10.6 Å². The van der Waals surface area contributed by atoms with Crippen molar-refractivity contribution in [2.24, 2.45) is 17.6 Å². The van der Waals surface area contributed by atoms with E-state index in [1.807, 2.05) is 55.5 Å². The van der Waals surface area contributed by atoms with Gasteiger partial charge < -0.3 is 11.1 Å². The van der Waals surface area contributed by atoms with Crippen LogP contribution in [0, 0.1) is 18.8 Å². The molecule has 3 aliphatic rings. The molecule has 0 bridgehead atoms. The van der Waals surface area contributed by atoms with E-state index >= 15 is 0 Å². The van der Waals surface area contributed by atoms with E-state index in [4.69, 9.17) is 5.73 Å². The van der Waals surface area contributed by atoms with Crippen LogP contribution in [0.3, 0.4) is 0 Å². The van der Waals surface area contributed by atoms with Crippen LogP contribution in [0.25, 0.3) is 0 Å². The molecule has 0 radical (unpaired) electrons. The molecule has 5 rings (SSSR count). The number of nitrogens with two attached hydrogens (primary N) is 1. The number of likely N-dealkylation sites (tertiary alicyclic amines) is 1. The van der Waals surface area contributed by atoms with Crippen LogP contribution in [0.2, 0.25) is 0 Å². The molecule has 2 aromatic rings. The fourth-order valence-corrected chi connectivity index (χ4v) is 5.69. The zero-order valence-electron chi connectivity index (χ0n) is 18.3. The molecule has 2 saturated heterocycles. The summed E-state index contributed by atoms with van der Waals surface area (Å²) < 4.78 is 0. The lowest BCUT2D eigenvalue weighted by atomic mass is 9.76. The zero-order valence-corrected chi connectivity index (χ0v) is 18.3. The van der Waals surface area contributed by atoms with Crippen molar-refractivity contribution in [3.8, 4) is 0 Å². The van der Waals surface area contributed by atoms with Gasteiger partial charge in [0.05, 0.1) is 11.8 Å². The van der Waals surface area contributed by atoms with Gasteiger partial charge in [-0.1, -0.05) is 48.5 Å². The number of benzene rings is 2. The van der Waals surface area contributed by atoms with E-state index in [0.29, 0.717) is 17.7 Å². The summed E-state index contributed by atoms with van der Waals surface area (Å²) in [6.07, 6.45) is 0.870. The first-order chi connectivity index (χ1) is 15.8. The van der Waals surface area contributed by atoms with E-state index < -0.39 is 29.3 Å². The number of hydrogen-bond donors (Lipinski definition) is 3. The number of hydrogen-bond acceptors (Lipinski definition) is 5. The molecule has 8 nitrogen and oxygen atoms in total. The highest BCUT2D eigenvalue weighted by Gasteiger charge is 2.70. The molecule has 2 aromatic carbocycles. The molecule has 2 fully saturated rings. The molecule has 33 heavy (non-hydrogen) atoms. The minimum absolute atomic E-state index is 0.0603. The first-order valence-electron chi connectivity index (χ1n) is 11.2. The largest absolute Gasteiger partial charge is 0.370 e. The molecule has 3 heterocycles. The number of aryl methyl sites for hydroxylation is 1. The van der Waals surface area contributed by atoms with Crippen LogP contribution in [-0.4, -0.2) is 41.1 Å². The van der Waals surface area contributed by atoms with Crippen LogP contribution in [0.4, 0.5) is 5.69 Å². The van der Waals surface area contributed by atoms with Crippen molar-refractivity contribution in [1.82, 2.24) is 10.2 Å². The third kappa shape index (κ3) is 3.16. The number of para-hydroxylation sites is 1. The predicted octanol–water partition coefficient (Wildman–Crippen LogP) is 1.22. The highest BCUT2D eigenvalue weighted by molar-refractivity contribution is 6.15. The van der Waals surface area contributed by atoms with Crippen LogP contribution >= 0.6 is 0 Å². The average Bonchev–Trinajstić information content (AvgIpc) is 3.38. The molecule has 0 saturated carbocycles. The first-order valence-corrected chi connectivity index (χ1v) is 11.2. The maximum absolute atomic E-state index is 13.7. The third-order valence-electron chi connectivity index (χ3n) is 7.22. The van der Waals surface area contributed by atoms with E-state index in [0.717, 1.165) is 11.1 Å². The highest BCUT2D eigenvalue weighted by Crippen LogP contribution is 2.54. The topological polar surface area (TPSA) is 122 Å². The third-order valence-corrected chi connectivity index (χ3v) is 7.22. The molecule has 4 N–H and O–H groups in total. The van der Waals surface area contributed by atoms with Gasteiger partial charge in [-0.15, -0.1) is 0 Å². The van der Waals surface area contributed by atoms with E-state index in [9.17, 15) is 19.2 Å². The molecule has 0 aromatic heterocycles. The molecule has 4 amide bonds. The van der Waals surface area contributed by atoms with Crippen LogP contribution in [-0.2, 0) is 31.1 Å². The maximum Gasteiger partial charge on any atom is 0.250 e. The van der Waals surface area contributed by atoms with Crippen LogP contribution in [0.5, 0.6) is 0 Å². The van der Waals surface area contributed by atoms with Crippen molar-refractivity contribution in [2.45, 2.75) is 37.8 Å². The summed E-state index contributed by atoms with van der Waals surface area (Å²) in [7, 11) is 0. The Hall–Kier alpha value is -3.52. The normalized spacial score (nSPS) is 27.7. The van der Waals surface area contributed by atoms with Crippen LogP contribution in [0.1, 0.15) is 29.5 Å². The Labute approximate surface area is 191 Å². The molecular weight excluding hydrogens is 420 g/mol. The lowest BCUT2D eigenvalue weighted by Gasteiger charge is -2.29. The second-order valence-electron chi connectivity index (χ2n) is 9.08. The van der Waals surface area contributed by atoms with Gasteiger partial charge in [0.15, 0.2) is 0 Å². The van der Waals surface area contributed by atoms with Crippen LogP contribution in [0.15, 0.2) is 48.5 Å². The van der Waals surface area contributed by atoms with Crippen molar-refractivity contribution in [2.75, 3.05) is 11.9 Å². The second kappa shape index (κ2) is 7.81. The fourth-order valence-electron chi connectivity index (χ4n) is 5.69. The Bertz CT molecular complexity index is 1160. The van der Waals surface area contributed by atoms with Gasteiger partial charge in [-0.2, -0.15) is 0 Å². The van der Waals surface area contributed by atoms with Crippen molar-refractivity contribution >= 4 is 29.3 Å². The minimum Gasteiger partial charge on any atom is -0.370 e. The summed E-state index contributed by atoms with van der Waals surface area (Å²) in [5, 5.41) is 6.25. The molecule has 3 aliphatic heterocycles. The molecule has 4 atom stereocenters. The zero-order chi connectivity index (χ0) is 23.3. The van der Waals surface area contributed by atoms with Crippen LogP contribution < -0.4 is 16.4 Å². The molecule has 170 valence electrons. The Kier molecular flexibility index (Phi) is 5.05. The standard InChI is InChI=1S/C25H26N4O4/c1-14-6-5-9-16-21(14)27-24(33)25(16)20-19(17(28-25)10-11-18(26)30)22(31)29(23(20)32)13-12-15-7-3-2-4-8-15/h2-9,17,19-20,28H,10-13H2,1H3,(H2,26,30)(H,27,33)/t17-,19+,20+,25+/m0/s1. The van der Waals surface area contributed by atoms with E-state index in [1.165, 1.54) is 4.90 Å². The van der Waals surface area contributed by atoms with Gasteiger partial charge in [-0.3, -0.25) is 29.4 Å². The number of imide groups is 1. The van der Waals surface area contributed by atoms with Gasteiger partial charge in [-0.25, -0.2) is 0 Å². The number of nitrogens with zero attached hydrogens (tertiary/aromatic N) is 1. The van der Waals surface area contributed by atoms with Gasteiger partial charge in [-0.05, 0) is 30.9 Å². The summed E-state index contributed by atoms with van der Waals surface area (Å²) in [6, 6.07) is 14.7. The predicted molar refractivity (Wildman–Crippen MR) is 121 cm³/mol. The monoisotopic (exact) mass is 446 g/mol. The highest BCUT2D eigenvalue weighted by atomic mass is 16.2. The second-order valence-corrected chi connectivity index (χ2v) is 9.08. The number of fused-ring (bicyclic) bond motifs is 4. The number of nitrogens with one attached hydrogen (secondary N) is 2. The Morgan fingerprint density at radius 1 is 1.06 bits per heavy atom. The lowest BCUT2D eigenvalue weighted by Crippen LogP contribution is -2.53. The number of anilines is 1. The molecular formula is C25H26N4O4. The van der Waals surface area contributed by atoms with Gasteiger partial charge in [0, 0.05) is 30.3 Å². The summed E-state index contributed by atoms with van der Waals surface area (Å²) in [5.74, 6) is -3.08. The average molecular weight is 447 g/mol.